The molecule has 0 spiro atoms. The molecule has 4 heteroatoms. The molecule has 2 aromatic rings. The highest BCUT2D eigenvalue weighted by Crippen LogP contribution is 2.19. The predicted molar refractivity (Wildman–Crippen MR) is 76.4 cm³/mol. The van der Waals surface area contributed by atoms with Gasteiger partial charge in [0.2, 0.25) is 0 Å². The molecule has 0 aliphatic carbocycles. The standard InChI is InChI=1S/C16H17NO3/c1-19-13-6-3-12(4-7-13)5-8-15(18)14-9-10-17-11-16(14)20-2/h3-4,6-7,9-11H,5,8H2,1-2H3. The van der Waals surface area contributed by atoms with Crippen LogP contribution in [0.4, 0.5) is 0 Å². The van der Waals surface area contributed by atoms with Crippen molar-refractivity contribution in [2.75, 3.05) is 14.2 Å². The number of benzene rings is 1. The number of carbonyl (C=O) groups is 1. The molecule has 0 fully saturated rings. The molecule has 20 heavy (non-hydrogen) atoms. The molecule has 0 aliphatic heterocycles. The number of nitrogens with zero attached hydrogens (tertiary/aromatic N) is 1. The van der Waals surface area contributed by atoms with E-state index in [0.717, 1.165) is 11.3 Å². The Kier molecular flexibility index (Phi) is 4.71. The maximum Gasteiger partial charge on any atom is 0.167 e. The van der Waals surface area contributed by atoms with Crippen molar-refractivity contribution in [3.05, 3.63) is 53.9 Å². The molecule has 0 radical (unpaired) electrons. The first-order chi connectivity index (χ1) is 9.74. The van der Waals surface area contributed by atoms with Crippen molar-refractivity contribution in [2.45, 2.75) is 12.8 Å². The number of hydrogen-bond donors (Lipinski definition) is 0. The Bertz CT molecular complexity index is 579. The molecule has 104 valence electrons. The monoisotopic (exact) mass is 271 g/mol. The first-order valence-corrected chi connectivity index (χ1v) is 6.38. The normalized spacial score (nSPS) is 10.1. The van der Waals surface area contributed by atoms with Gasteiger partial charge in [-0.1, -0.05) is 12.1 Å². The fraction of sp³-hybridized carbons (Fsp3) is 0.250. The summed E-state index contributed by atoms with van der Waals surface area (Å²) in [5.74, 6) is 1.39. The van der Waals surface area contributed by atoms with Gasteiger partial charge in [-0.05, 0) is 30.2 Å². The smallest absolute Gasteiger partial charge is 0.167 e. The van der Waals surface area contributed by atoms with E-state index in [0.29, 0.717) is 24.2 Å². The molecule has 2 rings (SSSR count). The van der Waals surface area contributed by atoms with E-state index in [1.165, 1.54) is 7.11 Å². The zero-order valence-corrected chi connectivity index (χ0v) is 11.6. The molecule has 0 saturated carbocycles. The highest BCUT2D eigenvalue weighted by Gasteiger charge is 2.11. The zero-order valence-electron chi connectivity index (χ0n) is 11.6. The molecule has 0 N–H and O–H groups in total. The van der Waals surface area contributed by atoms with Crippen LogP contribution >= 0.6 is 0 Å². The Balaban J connectivity index is 2.01. The van der Waals surface area contributed by atoms with Gasteiger partial charge in [0.15, 0.2) is 5.78 Å². The van der Waals surface area contributed by atoms with Crippen LogP contribution in [-0.4, -0.2) is 25.0 Å². The van der Waals surface area contributed by atoms with Crippen LogP contribution in [0.5, 0.6) is 11.5 Å². The second-order valence-corrected chi connectivity index (χ2v) is 4.35. The van der Waals surface area contributed by atoms with E-state index >= 15 is 0 Å². The Morgan fingerprint density at radius 2 is 1.85 bits per heavy atom. The molecule has 0 amide bonds. The molecule has 1 aromatic carbocycles. The molecule has 0 atom stereocenters. The van der Waals surface area contributed by atoms with Gasteiger partial charge in [-0.2, -0.15) is 0 Å². The lowest BCUT2D eigenvalue weighted by molar-refractivity contribution is 0.0979. The molecular formula is C16H17NO3. The van der Waals surface area contributed by atoms with E-state index in [9.17, 15) is 4.79 Å². The third-order valence-electron chi connectivity index (χ3n) is 3.10. The van der Waals surface area contributed by atoms with E-state index < -0.39 is 0 Å². The number of rotatable bonds is 6. The van der Waals surface area contributed by atoms with E-state index in [1.54, 1.807) is 25.6 Å². The van der Waals surface area contributed by atoms with E-state index in [4.69, 9.17) is 9.47 Å². The van der Waals surface area contributed by atoms with Crippen LogP contribution in [0.3, 0.4) is 0 Å². The largest absolute Gasteiger partial charge is 0.497 e. The van der Waals surface area contributed by atoms with Gasteiger partial charge in [0.25, 0.3) is 0 Å². The minimum absolute atomic E-state index is 0.0556. The Morgan fingerprint density at radius 1 is 1.10 bits per heavy atom. The summed E-state index contributed by atoms with van der Waals surface area (Å²) in [5.41, 5.74) is 1.68. The zero-order chi connectivity index (χ0) is 14.4. The van der Waals surface area contributed by atoms with Crippen molar-refractivity contribution >= 4 is 5.78 Å². The number of ketones is 1. The number of hydrogen-bond acceptors (Lipinski definition) is 4. The average molecular weight is 271 g/mol. The summed E-state index contributed by atoms with van der Waals surface area (Å²) < 4.78 is 10.3. The maximum atomic E-state index is 12.2. The van der Waals surface area contributed by atoms with Gasteiger partial charge in [0.05, 0.1) is 26.0 Å². The summed E-state index contributed by atoms with van der Waals surface area (Å²) in [7, 11) is 3.17. The molecule has 1 heterocycles. The number of ether oxygens (including phenoxy) is 2. The van der Waals surface area contributed by atoms with Gasteiger partial charge in [-0.15, -0.1) is 0 Å². The van der Waals surface area contributed by atoms with E-state index in [2.05, 4.69) is 4.98 Å². The number of aryl methyl sites for hydroxylation is 1. The van der Waals surface area contributed by atoms with Crippen molar-refractivity contribution in [2.24, 2.45) is 0 Å². The van der Waals surface area contributed by atoms with Crippen LogP contribution in [0, 0.1) is 0 Å². The number of carbonyl (C=O) groups excluding carboxylic acids is 1. The van der Waals surface area contributed by atoms with E-state index in [-0.39, 0.29) is 5.78 Å². The third kappa shape index (κ3) is 3.35. The van der Waals surface area contributed by atoms with Crippen LogP contribution in [0.2, 0.25) is 0 Å². The highest BCUT2D eigenvalue weighted by molar-refractivity contribution is 5.98. The SMILES string of the molecule is COc1ccc(CCC(=O)c2ccncc2OC)cc1. The number of methoxy groups -OCH3 is 2. The quantitative estimate of drug-likeness (QED) is 0.758. The second kappa shape index (κ2) is 6.70. The maximum absolute atomic E-state index is 12.2. The van der Waals surface area contributed by atoms with Gasteiger partial charge >= 0.3 is 0 Å². The Morgan fingerprint density at radius 3 is 2.50 bits per heavy atom. The van der Waals surface area contributed by atoms with Gasteiger partial charge in [-0.3, -0.25) is 9.78 Å². The molecule has 4 nitrogen and oxygen atoms in total. The summed E-state index contributed by atoms with van der Waals surface area (Å²) in [6.07, 6.45) is 4.28. The van der Waals surface area contributed by atoms with Crippen molar-refractivity contribution in [1.82, 2.24) is 4.98 Å². The number of Topliss-reactive ketones (excluding diaryl/α,β-unsaturated/α-hetero) is 1. The van der Waals surface area contributed by atoms with Crippen molar-refractivity contribution in [1.29, 1.82) is 0 Å². The van der Waals surface area contributed by atoms with Crippen LogP contribution in [0.25, 0.3) is 0 Å². The van der Waals surface area contributed by atoms with Gasteiger partial charge in [-0.25, -0.2) is 0 Å². The van der Waals surface area contributed by atoms with Crippen molar-refractivity contribution < 1.29 is 14.3 Å². The topological polar surface area (TPSA) is 48.4 Å². The molecule has 0 aliphatic rings. The Labute approximate surface area is 118 Å². The summed E-state index contributed by atoms with van der Waals surface area (Å²) in [4.78, 5) is 16.1. The lowest BCUT2D eigenvalue weighted by atomic mass is 10.0. The summed E-state index contributed by atoms with van der Waals surface area (Å²) in [5, 5.41) is 0. The fourth-order valence-corrected chi connectivity index (χ4v) is 1.96. The summed E-state index contributed by atoms with van der Waals surface area (Å²) in [6.45, 7) is 0. The number of aromatic nitrogens is 1. The summed E-state index contributed by atoms with van der Waals surface area (Å²) in [6, 6.07) is 9.42. The third-order valence-corrected chi connectivity index (χ3v) is 3.10. The first-order valence-electron chi connectivity index (χ1n) is 6.38. The number of pyridine rings is 1. The summed E-state index contributed by atoms with van der Waals surface area (Å²) >= 11 is 0. The molecule has 0 saturated heterocycles. The van der Waals surface area contributed by atoms with Crippen molar-refractivity contribution in [3.8, 4) is 11.5 Å². The highest BCUT2D eigenvalue weighted by atomic mass is 16.5. The molecule has 0 unspecified atom stereocenters. The molecule has 1 aromatic heterocycles. The van der Waals surface area contributed by atoms with Crippen LogP contribution in [0.1, 0.15) is 22.3 Å². The van der Waals surface area contributed by atoms with Gasteiger partial charge in [0, 0.05) is 12.6 Å². The second-order valence-electron chi connectivity index (χ2n) is 4.35. The first kappa shape index (κ1) is 14.1. The van der Waals surface area contributed by atoms with Crippen LogP contribution < -0.4 is 9.47 Å². The van der Waals surface area contributed by atoms with Gasteiger partial charge in [0.1, 0.15) is 11.5 Å². The Hall–Kier alpha value is -2.36. The van der Waals surface area contributed by atoms with Crippen molar-refractivity contribution in [3.63, 3.8) is 0 Å². The lowest BCUT2D eigenvalue weighted by Gasteiger charge is -2.07. The fourth-order valence-electron chi connectivity index (χ4n) is 1.96. The van der Waals surface area contributed by atoms with Gasteiger partial charge < -0.3 is 9.47 Å². The minimum Gasteiger partial charge on any atom is -0.497 e. The lowest BCUT2D eigenvalue weighted by Crippen LogP contribution is -2.04. The minimum atomic E-state index is 0.0556. The predicted octanol–water partition coefficient (Wildman–Crippen LogP) is 2.91. The molecular weight excluding hydrogens is 254 g/mol. The van der Waals surface area contributed by atoms with Crippen LogP contribution in [-0.2, 0) is 6.42 Å². The average Bonchev–Trinajstić information content (AvgIpc) is 2.53. The van der Waals surface area contributed by atoms with Crippen LogP contribution in [0.15, 0.2) is 42.7 Å². The molecule has 0 bridgehead atoms. The van der Waals surface area contributed by atoms with E-state index in [1.807, 2.05) is 24.3 Å².